The van der Waals surface area contributed by atoms with Gasteiger partial charge >= 0.3 is 5.97 Å². The topological polar surface area (TPSA) is 50.1 Å². The van der Waals surface area contributed by atoms with Crippen molar-refractivity contribution < 1.29 is 8.62 Å². The molecule has 0 radical (unpaired) electrons. The number of nitriles is 1. The molecule has 1 rings (SSSR count). The first kappa shape index (κ1) is 10.7. The normalized spacial score (nSPS) is 9.14. The molecule has 72 valence electrons. The van der Waals surface area contributed by atoms with Crippen LogP contribution in [0, 0.1) is 11.3 Å². The summed E-state index contributed by atoms with van der Waals surface area (Å²) in [4.78, 5) is 10.8. The van der Waals surface area contributed by atoms with Crippen LogP contribution in [0.2, 0.25) is 0 Å². The standard InChI is InChI=1S/C10H8BrNO2/c11-14-10(13)5-4-8-2-1-3-9(6-8)7-12/h1-3,6H,4-5H2. The SMILES string of the molecule is N#Cc1cccc(CCC(=O)OBr)c1. The molecule has 1 aromatic rings. The van der Waals surface area contributed by atoms with Crippen molar-refractivity contribution in [1.82, 2.24) is 0 Å². The van der Waals surface area contributed by atoms with Crippen LogP contribution in [0.15, 0.2) is 24.3 Å². The summed E-state index contributed by atoms with van der Waals surface area (Å²) in [7, 11) is 0. The number of benzene rings is 1. The van der Waals surface area contributed by atoms with Gasteiger partial charge in [-0.3, -0.25) is 4.79 Å². The summed E-state index contributed by atoms with van der Waals surface area (Å²) >= 11 is 2.61. The molecule has 0 saturated heterocycles. The third-order valence-corrected chi connectivity index (χ3v) is 2.12. The number of halogens is 1. The first-order valence-corrected chi connectivity index (χ1v) is 4.71. The smallest absolute Gasteiger partial charge is 0.317 e. The van der Waals surface area contributed by atoms with Crippen LogP contribution in [0.1, 0.15) is 17.5 Å². The molecule has 0 aromatic heterocycles. The van der Waals surface area contributed by atoms with Crippen LogP contribution in [0.5, 0.6) is 0 Å². The van der Waals surface area contributed by atoms with Gasteiger partial charge in [0.25, 0.3) is 0 Å². The minimum Gasteiger partial charge on any atom is -0.384 e. The monoisotopic (exact) mass is 253 g/mol. The van der Waals surface area contributed by atoms with Crippen LogP contribution in [-0.2, 0) is 15.0 Å². The van der Waals surface area contributed by atoms with E-state index >= 15 is 0 Å². The van der Waals surface area contributed by atoms with E-state index in [2.05, 4.69) is 20.1 Å². The molecule has 0 aliphatic rings. The summed E-state index contributed by atoms with van der Waals surface area (Å²) in [6, 6.07) is 9.21. The van der Waals surface area contributed by atoms with Gasteiger partial charge < -0.3 is 3.83 Å². The number of carbonyl (C=O) groups is 1. The molecule has 0 atom stereocenters. The van der Waals surface area contributed by atoms with E-state index in [1.165, 1.54) is 0 Å². The summed E-state index contributed by atoms with van der Waals surface area (Å²) in [5, 5.41) is 8.64. The average molecular weight is 254 g/mol. The second-order valence-electron chi connectivity index (χ2n) is 2.76. The third kappa shape index (κ3) is 3.19. The molecule has 0 N–H and O–H groups in total. The van der Waals surface area contributed by atoms with E-state index < -0.39 is 0 Å². The Morgan fingerprint density at radius 2 is 2.36 bits per heavy atom. The number of aryl methyl sites for hydroxylation is 1. The second kappa shape index (κ2) is 5.40. The molecule has 0 bridgehead atoms. The maximum atomic E-state index is 10.8. The molecule has 4 heteroatoms. The van der Waals surface area contributed by atoms with Gasteiger partial charge in [0.1, 0.15) is 0 Å². The van der Waals surface area contributed by atoms with Gasteiger partial charge in [0.05, 0.1) is 18.1 Å². The van der Waals surface area contributed by atoms with Crippen LogP contribution in [-0.4, -0.2) is 5.97 Å². The largest absolute Gasteiger partial charge is 0.384 e. The van der Waals surface area contributed by atoms with Crippen molar-refractivity contribution in [2.45, 2.75) is 12.8 Å². The van der Waals surface area contributed by atoms with E-state index in [4.69, 9.17) is 5.26 Å². The lowest BCUT2D eigenvalue weighted by Gasteiger charge is -1.99. The van der Waals surface area contributed by atoms with E-state index in [9.17, 15) is 4.79 Å². The molecule has 0 saturated carbocycles. The number of hydrogen-bond acceptors (Lipinski definition) is 3. The fourth-order valence-corrected chi connectivity index (χ4v) is 1.24. The fraction of sp³-hybridized carbons (Fsp3) is 0.200. The molecule has 0 aliphatic carbocycles. The van der Waals surface area contributed by atoms with Crippen LogP contribution in [0.4, 0.5) is 0 Å². The van der Waals surface area contributed by atoms with E-state index in [-0.39, 0.29) is 5.97 Å². The maximum absolute atomic E-state index is 10.8. The van der Waals surface area contributed by atoms with Crippen LogP contribution >= 0.6 is 16.3 Å². The van der Waals surface area contributed by atoms with Crippen LogP contribution in [0.25, 0.3) is 0 Å². The van der Waals surface area contributed by atoms with E-state index in [1.54, 1.807) is 18.2 Å². The lowest BCUT2D eigenvalue weighted by atomic mass is 10.1. The fourth-order valence-electron chi connectivity index (χ4n) is 1.08. The zero-order valence-corrected chi connectivity index (χ0v) is 8.95. The molecule has 0 fully saturated rings. The van der Waals surface area contributed by atoms with Gasteiger partial charge in [0, 0.05) is 0 Å². The van der Waals surface area contributed by atoms with Gasteiger partial charge in [-0.25, -0.2) is 0 Å². The summed E-state index contributed by atoms with van der Waals surface area (Å²) in [6.45, 7) is 0. The predicted octanol–water partition coefficient (Wildman–Crippen LogP) is 2.34. The first-order chi connectivity index (χ1) is 6.76. The molecule has 3 nitrogen and oxygen atoms in total. The molecular weight excluding hydrogens is 246 g/mol. The minimum atomic E-state index is -0.313. The minimum absolute atomic E-state index is 0.306. The van der Waals surface area contributed by atoms with Crippen molar-refractivity contribution in [3.63, 3.8) is 0 Å². The third-order valence-electron chi connectivity index (χ3n) is 1.76. The highest BCUT2D eigenvalue weighted by molar-refractivity contribution is 9.06. The van der Waals surface area contributed by atoms with Crippen molar-refractivity contribution in [3.8, 4) is 6.07 Å². The zero-order valence-electron chi connectivity index (χ0n) is 7.37. The van der Waals surface area contributed by atoms with E-state index in [0.717, 1.165) is 5.56 Å². The highest BCUT2D eigenvalue weighted by Crippen LogP contribution is 2.07. The van der Waals surface area contributed by atoms with Crippen molar-refractivity contribution in [2.24, 2.45) is 0 Å². The zero-order chi connectivity index (χ0) is 10.4. The Labute approximate surface area is 90.8 Å². The lowest BCUT2D eigenvalue weighted by molar-refractivity contribution is -0.132. The Morgan fingerprint density at radius 1 is 1.57 bits per heavy atom. The number of rotatable bonds is 3. The van der Waals surface area contributed by atoms with Crippen LogP contribution in [0.3, 0.4) is 0 Å². The van der Waals surface area contributed by atoms with Crippen molar-refractivity contribution in [1.29, 1.82) is 5.26 Å². The summed E-state index contributed by atoms with van der Waals surface area (Å²) in [5.41, 5.74) is 1.57. The van der Waals surface area contributed by atoms with Crippen molar-refractivity contribution in [3.05, 3.63) is 35.4 Å². The van der Waals surface area contributed by atoms with Crippen molar-refractivity contribution >= 4 is 22.2 Å². The second-order valence-corrected chi connectivity index (χ2v) is 3.09. The molecule has 0 spiro atoms. The summed E-state index contributed by atoms with van der Waals surface area (Å²) < 4.78 is 4.34. The van der Waals surface area contributed by atoms with Crippen molar-refractivity contribution in [2.75, 3.05) is 0 Å². The number of carbonyl (C=O) groups excluding carboxylic acids is 1. The molecule has 0 unspecified atom stereocenters. The quantitative estimate of drug-likeness (QED) is 0.831. The van der Waals surface area contributed by atoms with Gasteiger partial charge in [-0.15, -0.1) is 0 Å². The van der Waals surface area contributed by atoms with Gasteiger partial charge in [0.2, 0.25) is 0 Å². The predicted molar refractivity (Wildman–Crippen MR) is 54.5 cm³/mol. The summed E-state index contributed by atoms with van der Waals surface area (Å²) in [5.74, 6) is -0.313. The molecule has 14 heavy (non-hydrogen) atoms. The Hall–Kier alpha value is -1.34. The molecule has 0 heterocycles. The first-order valence-electron chi connectivity index (χ1n) is 4.06. The maximum Gasteiger partial charge on any atom is 0.317 e. The Morgan fingerprint density at radius 3 is 3.00 bits per heavy atom. The number of hydrogen-bond donors (Lipinski definition) is 0. The highest BCUT2D eigenvalue weighted by atomic mass is 79.9. The van der Waals surface area contributed by atoms with Gasteiger partial charge in [0.15, 0.2) is 16.3 Å². The van der Waals surface area contributed by atoms with Gasteiger partial charge in [-0.05, 0) is 24.1 Å². The van der Waals surface area contributed by atoms with E-state index in [0.29, 0.717) is 18.4 Å². The Kier molecular flexibility index (Phi) is 4.14. The molecule has 0 aliphatic heterocycles. The number of nitrogens with zero attached hydrogens (tertiary/aromatic N) is 1. The van der Waals surface area contributed by atoms with Crippen LogP contribution < -0.4 is 0 Å². The van der Waals surface area contributed by atoms with Gasteiger partial charge in [-0.1, -0.05) is 12.1 Å². The molecular formula is C10H8BrNO2. The lowest BCUT2D eigenvalue weighted by Crippen LogP contribution is -1.98. The Bertz CT molecular complexity index is 371. The average Bonchev–Trinajstić information content (AvgIpc) is 2.26. The van der Waals surface area contributed by atoms with Gasteiger partial charge in [-0.2, -0.15) is 5.26 Å². The Balaban J connectivity index is 2.60. The van der Waals surface area contributed by atoms with E-state index in [1.807, 2.05) is 12.1 Å². The summed E-state index contributed by atoms with van der Waals surface area (Å²) in [6.07, 6.45) is 0.889. The highest BCUT2D eigenvalue weighted by Gasteiger charge is 2.02. The molecule has 1 aromatic carbocycles. The molecule has 0 amide bonds.